The quantitative estimate of drug-likeness (QED) is 0.850. The van der Waals surface area contributed by atoms with Crippen molar-refractivity contribution in [3.8, 4) is 5.75 Å². The van der Waals surface area contributed by atoms with Crippen molar-refractivity contribution in [2.45, 2.75) is 33.4 Å². The predicted octanol–water partition coefficient (Wildman–Crippen LogP) is 2.26. The first-order valence-corrected chi connectivity index (χ1v) is 9.94. The van der Waals surface area contributed by atoms with Crippen LogP contribution in [0.15, 0.2) is 18.2 Å². The first-order chi connectivity index (χ1) is 13.8. The van der Waals surface area contributed by atoms with Crippen molar-refractivity contribution in [2.24, 2.45) is 5.92 Å². The van der Waals surface area contributed by atoms with Gasteiger partial charge in [0.25, 0.3) is 5.91 Å². The molecule has 0 radical (unpaired) electrons. The second-order valence-electron chi connectivity index (χ2n) is 8.08. The van der Waals surface area contributed by atoms with Crippen LogP contribution in [-0.2, 0) is 19.5 Å². The number of hydrogen-bond acceptors (Lipinski definition) is 5. The Labute approximate surface area is 169 Å². The molecule has 0 aliphatic carbocycles. The van der Waals surface area contributed by atoms with Gasteiger partial charge in [0.05, 0.1) is 18.8 Å². The molecule has 2 aromatic rings. The van der Waals surface area contributed by atoms with Gasteiger partial charge in [0, 0.05) is 43.4 Å². The van der Waals surface area contributed by atoms with E-state index in [4.69, 9.17) is 4.74 Å². The van der Waals surface area contributed by atoms with Gasteiger partial charge < -0.3 is 19.6 Å². The Balaban J connectivity index is 1.60. The zero-order valence-electron chi connectivity index (χ0n) is 17.0. The van der Waals surface area contributed by atoms with E-state index >= 15 is 0 Å². The highest BCUT2D eigenvalue weighted by molar-refractivity contribution is 5.96. The summed E-state index contributed by atoms with van der Waals surface area (Å²) in [5.41, 5.74) is 3.14. The fourth-order valence-corrected chi connectivity index (χ4v) is 4.01. The van der Waals surface area contributed by atoms with Gasteiger partial charge in [0.15, 0.2) is 5.69 Å². The van der Waals surface area contributed by atoms with Crippen molar-refractivity contribution < 1.29 is 19.4 Å². The maximum atomic E-state index is 13.1. The first-order valence-electron chi connectivity index (χ1n) is 9.94. The molecule has 0 spiro atoms. The molecule has 0 atom stereocenters. The summed E-state index contributed by atoms with van der Waals surface area (Å²) in [7, 11) is 2.00. The highest BCUT2D eigenvalue weighted by Gasteiger charge is 2.31. The number of fused-ring (bicyclic) bond motifs is 2. The van der Waals surface area contributed by atoms with Crippen LogP contribution in [0.4, 0.5) is 5.69 Å². The average Bonchev–Trinajstić information content (AvgIpc) is 3.04. The van der Waals surface area contributed by atoms with Gasteiger partial charge in [0.1, 0.15) is 12.4 Å². The van der Waals surface area contributed by atoms with Crippen LogP contribution in [-0.4, -0.2) is 58.4 Å². The van der Waals surface area contributed by atoms with Crippen molar-refractivity contribution in [1.29, 1.82) is 0 Å². The van der Waals surface area contributed by atoms with Crippen LogP contribution in [0.3, 0.4) is 0 Å². The Morgan fingerprint density at radius 1 is 1.28 bits per heavy atom. The molecule has 0 fully saturated rings. The minimum atomic E-state index is -1.05. The number of ether oxygens (including phenoxy) is 1. The third kappa shape index (κ3) is 3.54. The van der Waals surface area contributed by atoms with Crippen molar-refractivity contribution in [1.82, 2.24) is 14.7 Å². The lowest BCUT2D eigenvalue weighted by atomic mass is 10.0. The zero-order chi connectivity index (χ0) is 20.7. The topological polar surface area (TPSA) is 87.9 Å². The van der Waals surface area contributed by atoms with Crippen LogP contribution in [0.5, 0.6) is 5.75 Å². The summed E-state index contributed by atoms with van der Waals surface area (Å²) in [5, 5.41) is 13.9. The molecule has 0 unspecified atom stereocenters. The summed E-state index contributed by atoms with van der Waals surface area (Å²) in [6.07, 6.45) is 0.595. The number of carbonyl (C=O) groups is 2. The van der Waals surface area contributed by atoms with Gasteiger partial charge in [-0.2, -0.15) is 5.10 Å². The standard InChI is InChI=1S/C21H26N4O4/c1-13(2)11-25-16-6-7-24(12-15(16)19(22-25)21(27)28)20(26)14-4-5-17-18(10-14)29-9-8-23(17)3/h4-5,10,13H,6-9,11-12H2,1-3H3,(H,27,28). The van der Waals surface area contributed by atoms with Crippen LogP contribution in [0.1, 0.15) is 46.0 Å². The first kappa shape index (κ1) is 19.3. The number of nitrogens with zero attached hydrogens (tertiary/aromatic N) is 4. The van der Waals surface area contributed by atoms with Crippen LogP contribution in [0.2, 0.25) is 0 Å². The number of amides is 1. The molecule has 0 saturated carbocycles. The number of carboxylic acids is 1. The van der Waals surface area contributed by atoms with Gasteiger partial charge >= 0.3 is 5.97 Å². The van der Waals surface area contributed by atoms with Crippen molar-refractivity contribution in [2.75, 3.05) is 31.6 Å². The van der Waals surface area contributed by atoms with E-state index in [0.29, 0.717) is 48.9 Å². The molecule has 29 heavy (non-hydrogen) atoms. The molecule has 1 aromatic heterocycles. The van der Waals surface area contributed by atoms with Crippen molar-refractivity contribution in [3.05, 3.63) is 40.7 Å². The Bertz CT molecular complexity index is 966. The number of carbonyl (C=O) groups excluding carboxylic acids is 1. The Morgan fingerprint density at radius 3 is 2.79 bits per heavy atom. The fourth-order valence-electron chi connectivity index (χ4n) is 4.01. The van der Waals surface area contributed by atoms with Gasteiger partial charge in [-0.1, -0.05) is 13.8 Å². The van der Waals surface area contributed by atoms with E-state index in [-0.39, 0.29) is 18.1 Å². The molecule has 8 nitrogen and oxygen atoms in total. The van der Waals surface area contributed by atoms with Crippen molar-refractivity contribution in [3.63, 3.8) is 0 Å². The Kier molecular flexibility index (Phi) is 4.94. The fraction of sp³-hybridized carbons (Fsp3) is 0.476. The summed E-state index contributed by atoms with van der Waals surface area (Å²) >= 11 is 0. The molecular formula is C21H26N4O4. The largest absolute Gasteiger partial charge is 0.490 e. The van der Waals surface area contributed by atoms with E-state index in [1.807, 2.05) is 19.2 Å². The summed E-state index contributed by atoms with van der Waals surface area (Å²) in [4.78, 5) is 28.6. The molecule has 8 heteroatoms. The predicted molar refractivity (Wildman–Crippen MR) is 108 cm³/mol. The van der Waals surface area contributed by atoms with E-state index in [0.717, 1.165) is 17.9 Å². The number of rotatable bonds is 4. The van der Waals surface area contributed by atoms with E-state index < -0.39 is 5.97 Å². The summed E-state index contributed by atoms with van der Waals surface area (Å²) in [6, 6.07) is 5.49. The molecule has 3 heterocycles. The molecular weight excluding hydrogens is 372 g/mol. The number of aromatic carboxylic acids is 1. The van der Waals surface area contributed by atoms with Crippen molar-refractivity contribution >= 4 is 17.6 Å². The van der Waals surface area contributed by atoms with E-state index in [1.54, 1.807) is 15.6 Å². The third-order valence-corrected chi connectivity index (χ3v) is 5.46. The smallest absolute Gasteiger partial charge is 0.356 e. The van der Waals surface area contributed by atoms with Gasteiger partial charge in [-0.3, -0.25) is 9.48 Å². The highest BCUT2D eigenvalue weighted by atomic mass is 16.5. The number of benzene rings is 1. The minimum absolute atomic E-state index is 0.0496. The molecule has 4 rings (SSSR count). The number of likely N-dealkylation sites (N-methyl/N-ethyl adjacent to an activating group) is 1. The lowest BCUT2D eigenvalue weighted by molar-refractivity contribution is 0.0674. The second kappa shape index (κ2) is 7.42. The Hall–Kier alpha value is -3.03. The molecule has 1 amide bonds. The van der Waals surface area contributed by atoms with Gasteiger partial charge in [-0.25, -0.2) is 4.79 Å². The van der Waals surface area contributed by atoms with Gasteiger partial charge in [-0.15, -0.1) is 0 Å². The number of anilines is 1. The lowest BCUT2D eigenvalue weighted by Crippen LogP contribution is -2.37. The molecule has 1 N–H and O–H groups in total. The molecule has 0 bridgehead atoms. The molecule has 1 aromatic carbocycles. The van der Waals surface area contributed by atoms with Gasteiger partial charge in [-0.05, 0) is 24.1 Å². The normalized spacial score (nSPS) is 15.7. The maximum Gasteiger partial charge on any atom is 0.356 e. The second-order valence-corrected chi connectivity index (χ2v) is 8.08. The SMILES string of the molecule is CC(C)Cn1nc(C(=O)O)c2c1CCN(C(=O)c1ccc3c(c1)OCCN3C)C2. The number of carboxylic acid groups (broad SMARTS) is 1. The highest BCUT2D eigenvalue weighted by Crippen LogP contribution is 2.32. The van der Waals surface area contributed by atoms with E-state index in [9.17, 15) is 14.7 Å². The third-order valence-electron chi connectivity index (χ3n) is 5.46. The molecule has 2 aliphatic rings. The van der Waals surface area contributed by atoms with Crippen LogP contribution >= 0.6 is 0 Å². The van der Waals surface area contributed by atoms with E-state index in [2.05, 4.69) is 23.8 Å². The summed E-state index contributed by atoms with van der Waals surface area (Å²) in [6.45, 7) is 7.00. The minimum Gasteiger partial charge on any atom is -0.490 e. The summed E-state index contributed by atoms with van der Waals surface area (Å²) in [5.74, 6) is -0.112. The summed E-state index contributed by atoms with van der Waals surface area (Å²) < 4.78 is 7.52. The lowest BCUT2D eigenvalue weighted by Gasteiger charge is -2.30. The van der Waals surface area contributed by atoms with Gasteiger partial charge in [0.2, 0.25) is 0 Å². The monoisotopic (exact) mass is 398 g/mol. The molecule has 2 aliphatic heterocycles. The number of hydrogen-bond donors (Lipinski definition) is 1. The van der Waals surface area contributed by atoms with Crippen LogP contribution < -0.4 is 9.64 Å². The van der Waals surface area contributed by atoms with E-state index in [1.165, 1.54) is 0 Å². The molecule has 154 valence electrons. The van der Waals surface area contributed by atoms with Crippen LogP contribution in [0, 0.1) is 5.92 Å². The van der Waals surface area contributed by atoms with Crippen LogP contribution in [0.25, 0.3) is 0 Å². The zero-order valence-corrected chi connectivity index (χ0v) is 17.0. The Morgan fingerprint density at radius 2 is 2.07 bits per heavy atom. The molecule has 0 saturated heterocycles. The average molecular weight is 398 g/mol. The number of aromatic nitrogens is 2. The maximum absolute atomic E-state index is 13.1.